The van der Waals surface area contributed by atoms with Crippen molar-refractivity contribution in [1.29, 1.82) is 0 Å². The Hall–Kier alpha value is -5.35. The second-order valence-electron chi connectivity index (χ2n) is 9.17. The van der Waals surface area contributed by atoms with E-state index in [1.807, 2.05) is 60.7 Å². The second kappa shape index (κ2) is 14.5. The molecule has 1 heterocycles. The number of aliphatic imine (C=N–C) groups is 1. The standard InChI is InChI=1S/C33H28N4O5S/c1-3-5-16-26(4-2)36-32(40)28(21-23-17-19-27(20-18-23)37(41)42)31(39)35-33(36)43-22-29(38)34-30(24-12-8-6-9-13-24)25-14-10-7-11-15-25/h3-21,30H,1,22H2,2H3,(H,34,38)/b16-5-,26-4+,28-21+. The highest BCUT2D eigenvalue weighted by atomic mass is 32.2. The quantitative estimate of drug-likeness (QED) is 0.102. The number of amides is 3. The Balaban J connectivity index is 1.61. The van der Waals surface area contributed by atoms with Gasteiger partial charge in [0.25, 0.3) is 17.5 Å². The predicted molar refractivity (Wildman–Crippen MR) is 169 cm³/mol. The number of rotatable bonds is 10. The minimum Gasteiger partial charge on any atom is -0.344 e. The van der Waals surface area contributed by atoms with Gasteiger partial charge in [-0.1, -0.05) is 97.2 Å². The zero-order chi connectivity index (χ0) is 30.8. The number of nitrogens with one attached hydrogen (secondary N) is 1. The normalized spacial score (nSPS) is 14.7. The van der Waals surface area contributed by atoms with Crippen LogP contribution in [-0.2, 0) is 14.4 Å². The van der Waals surface area contributed by atoms with Gasteiger partial charge in [0.05, 0.1) is 16.7 Å². The maximum Gasteiger partial charge on any atom is 0.285 e. The van der Waals surface area contributed by atoms with Crippen LogP contribution >= 0.6 is 11.8 Å². The fourth-order valence-corrected chi connectivity index (χ4v) is 5.06. The van der Waals surface area contributed by atoms with Crippen molar-refractivity contribution in [1.82, 2.24) is 10.2 Å². The lowest BCUT2D eigenvalue weighted by Gasteiger charge is -2.28. The average molecular weight is 593 g/mol. The van der Waals surface area contributed by atoms with Crippen LogP contribution in [0.5, 0.6) is 0 Å². The summed E-state index contributed by atoms with van der Waals surface area (Å²) in [5.74, 6) is -1.86. The number of carbonyl (C=O) groups excluding carboxylic acids is 3. The van der Waals surface area contributed by atoms with Gasteiger partial charge in [-0.2, -0.15) is 4.99 Å². The van der Waals surface area contributed by atoms with E-state index < -0.39 is 22.8 Å². The summed E-state index contributed by atoms with van der Waals surface area (Å²) in [7, 11) is 0. The molecule has 1 aliphatic rings. The SMILES string of the molecule is C=C/C=C\C(=C/C)N1C(=O)/C(=C/c2ccc([N+](=O)[O-])cc2)C(=O)N=C1SCC(=O)NC(c1ccccc1)c1ccccc1. The van der Waals surface area contributed by atoms with E-state index in [-0.39, 0.29) is 28.1 Å². The number of nitro groups is 1. The zero-order valence-electron chi connectivity index (χ0n) is 23.3. The van der Waals surface area contributed by atoms with E-state index in [2.05, 4.69) is 16.9 Å². The van der Waals surface area contributed by atoms with Crippen molar-refractivity contribution in [3.05, 3.63) is 154 Å². The largest absolute Gasteiger partial charge is 0.344 e. The van der Waals surface area contributed by atoms with Crippen molar-refractivity contribution >= 4 is 46.4 Å². The molecule has 0 spiro atoms. The van der Waals surface area contributed by atoms with Gasteiger partial charge in [0, 0.05) is 17.8 Å². The Morgan fingerprint density at radius 2 is 1.63 bits per heavy atom. The van der Waals surface area contributed by atoms with Gasteiger partial charge < -0.3 is 5.32 Å². The fourth-order valence-electron chi connectivity index (χ4n) is 4.25. The van der Waals surface area contributed by atoms with Crippen LogP contribution in [0.2, 0.25) is 0 Å². The zero-order valence-corrected chi connectivity index (χ0v) is 24.1. The minimum absolute atomic E-state index is 0.0452. The number of thioether (sulfide) groups is 1. The van der Waals surface area contributed by atoms with Crippen molar-refractivity contribution < 1.29 is 19.3 Å². The molecule has 1 N–H and O–H groups in total. The summed E-state index contributed by atoms with van der Waals surface area (Å²) in [6.07, 6.45) is 7.84. The Morgan fingerprint density at radius 1 is 1.02 bits per heavy atom. The van der Waals surface area contributed by atoms with Crippen LogP contribution in [0.1, 0.15) is 29.7 Å². The molecule has 0 fully saturated rings. The molecule has 216 valence electrons. The molecule has 3 amide bonds. The van der Waals surface area contributed by atoms with Crippen LogP contribution in [0, 0.1) is 10.1 Å². The molecule has 43 heavy (non-hydrogen) atoms. The monoisotopic (exact) mass is 592 g/mol. The Kier molecular flexibility index (Phi) is 10.3. The third-order valence-electron chi connectivity index (χ3n) is 6.33. The van der Waals surface area contributed by atoms with E-state index in [1.165, 1.54) is 35.2 Å². The third-order valence-corrected chi connectivity index (χ3v) is 7.27. The molecule has 3 aromatic rings. The number of benzene rings is 3. The second-order valence-corrected chi connectivity index (χ2v) is 10.1. The third kappa shape index (κ3) is 7.69. The predicted octanol–water partition coefficient (Wildman–Crippen LogP) is 5.99. The van der Waals surface area contributed by atoms with E-state index in [0.29, 0.717) is 11.3 Å². The molecule has 0 saturated carbocycles. The average Bonchev–Trinajstić information content (AvgIpc) is 3.03. The van der Waals surface area contributed by atoms with Crippen molar-refractivity contribution in [2.24, 2.45) is 4.99 Å². The van der Waals surface area contributed by atoms with Crippen LogP contribution in [0.25, 0.3) is 6.08 Å². The molecule has 4 rings (SSSR count). The van der Waals surface area contributed by atoms with E-state index >= 15 is 0 Å². The summed E-state index contributed by atoms with van der Waals surface area (Å²) >= 11 is 0.964. The van der Waals surface area contributed by atoms with Gasteiger partial charge in [0.15, 0.2) is 5.17 Å². The van der Waals surface area contributed by atoms with Gasteiger partial charge in [-0.25, -0.2) is 0 Å². The van der Waals surface area contributed by atoms with Crippen LogP contribution in [0.4, 0.5) is 5.69 Å². The number of non-ortho nitro benzene ring substituents is 1. The van der Waals surface area contributed by atoms with Gasteiger partial charge >= 0.3 is 0 Å². The maximum absolute atomic E-state index is 13.7. The number of nitro benzene ring substituents is 1. The lowest BCUT2D eigenvalue weighted by atomic mass is 9.99. The molecular weight excluding hydrogens is 564 g/mol. The summed E-state index contributed by atoms with van der Waals surface area (Å²) in [4.78, 5) is 55.9. The number of hydrogen-bond donors (Lipinski definition) is 1. The number of amidine groups is 1. The van der Waals surface area contributed by atoms with Crippen molar-refractivity contribution in [2.75, 3.05) is 5.75 Å². The fraction of sp³-hybridized carbons (Fsp3) is 0.0909. The molecule has 0 aliphatic carbocycles. The Morgan fingerprint density at radius 3 is 2.16 bits per heavy atom. The first-order valence-electron chi connectivity index (χ1n) is 13.2. The number of nitrogens with zero attached hydrogens (tertiary/aromatic N) is 3. The molecule has 10 heteroatoms. The van der Waals surface area contributed by atoms with Crippen LogP contribution in [0.3, 0.4) is 0 Å². The van der Waals surface area contributed by atoms with Crippen molar-refractivity contribution in [3.8, 4) is 0 Å². The molecule has 0 radical (unpaired) electrons. The smallest absolute Gasteiger partial charge is 0.285 e. The summed E-state index contributed by atoms with van der Waals surface area (Å²) in [6, 6.07) is 24.2. The maximum atomic E-state index is 13.7. The molecule has 0 aromatic heterocycles. The molecule has 0 unspecified atom stereocenters. The van der Waals surface area contributed by atoms with E-state index in [1.54, 1.807) is 31.2 Å². The van der Waals surface area contributed by atoms with E-state index in [4.69, 9.17) is 0 Å². The number of hydrogen-bond acceptors (Lipinski definition) is 6. The highest BCUT2D eigenvalue weighted by Gasteiger charge is 2.35. The van der Waals surface area contributed by atoms with E-state index in [0.717, 1.165) is 22.9 Å². The van der Waals surface area contributed by atoms with Gasteiger partial charge in [0.2, 0.25) is 5.91 Å². The van der Waals surface area contributed by atoms with Gasteiger partial charge in [-0.15, -0.1) is 0 Å². The van der Waals surface area contributed by atoms with Crippen LogP contribution in [0.15, 0.2) is 132 Å². The first kappa shape index (κ1) is 30.6. The summed E-state index contributed by atoms with van der Waals surface area (Å²) in [5, 5.41) is 14.1. The molecule has 1 aliphatic heterocycles. The summed E-state index contributed by atoms with van der Waals surface area (Å²) < 4.78 is 0. The van der Waals surface area contributed by atoms with Gasteiger partial charge in [-0.3, -0.25) is 29.4 Å². The van der Waals surface area contributed by atoms with Crippen LogP contribution in [-0.4, -0.2) is 38.5 Å². The van der Waals surface area contributed by atoms with Gasteiger partial charge in [-0.05, 0) is 47.9 Å². The first-order chi connectivity index (χ1) is 20.8. The summed E-state index contributed by atoms with van der Waals surface area (Å²) in [6.45, 7) is 5.40. The van der Waals surface area contributed by atoms with E-state index in [9.17, 15) is 24.5 Å². The Bertz CT molecular complexity index is 1610. The minimum atomic E-state index is -0.780. The molecule has 3 aromatic carbocycles. The number of allylic oxidation sites excluding steroid dienone is 4. The molecule has 0 saturated heterocycles. The lowest BCUT2D eigenvalue weighted by Crippen LogP contribution is -2.42. The molecule has 0 atom stereocenters. The topological polar surface area (TPSA) is 122 Å². The lowest BCUT2D eigenvalue weighted by molar-refractivity contribution is -0.384. The molecular formula is C33H28N4O5S. The molecule has 9 nitrogen and oxygen atoms in total. The first-order valence-corrected chi connectivity index (χ1v) is 14.2. The van der Waals surface area contributed by atoms with Crippen molar-refractivity contribution in [3.63, 3.8) is 0 Å². The molecule has 0 bridgehead atoms. The highest BCUT2D eigenvalue weighted by Crippen LogP contribution is 2.27. The van der Waals surface area contributed by atoms with Crippen molar-refractivity contribution in [2.45, 2.75) is 13.0 Å². The van der Waals surface area contributed by atoms with Gasteiger partial charge in [0.1, 0.15) is 5.57 Å². The number of carbonyl (C=O) groups is 3. The Labute approximate surface area is 253 Å². The van der Waals surface area contributed by atoms with Crippen LogP contribution < -0.4 is 5.32 Å². The summed E-state index contributed by atoms with van der Waals surface area (Å²) in [5.41, 5.74) is 2.31. The highest BCUT2D eigenvalue weighted by molar-refractivity contribution is 8.14.